The van der Waals surface area contributed by atoms with Crippen molar-refractivity contribution in [3.05, 3.63) is 17.5 Å². The van der Waals surface area contributed by atoms with Gasteiger partial charge < -0.3 is 5.73 Å². The molecule has 2 N–H and O–H groups in total. The van der Waals surface area contributed by atoms with Crippen LogP contribution in [0.4, 0.5) is 0 Å². The van der Waals surface area contributed by atoms with Crippen LogP contribution in [-0.4, -0.2) is 33.3 Å². The van der Waals surface area contributed by atoms with Crippen LogP contribution < -0.4 is 5.73 Å². The Morgan fingerprint density at radius 3 is 2.32 bits per heavy atom. The van der Waals surface area contributed by atoms with Crippen molar-refractivity contribution in [1.29, 1.82) is 0 Å². The van der Waals surface area contributed by atoms with E-state index in [1.54, 1.807) is 0 Å². The Labute approximate surface area is 118 Å². The average molecular weight is 266 g/mol. The lowest BCUT2D eigenvalue weighted by Gasteiger charge is -2.42. The van der Waals surface area contributed by atoms with E-state index in [1.165, 1.54) is 5.69 Å². The lowest BCUT2D eigenvalue weighted by molar-refractivity contribution is 0.0799. The molecule has 19 heavy (non-hydrogen) atoms. The molecule has 0 bridgehead atoms. The third-order valence-corrected chi connectivity index (χ3v) is 4.39. The summed E-state index contributed by atoms with van der Waals surface area (Å²) in [6.07, 6.45) is 2.18. The standard InChI is InChI=1S/C15H30N4/c1-6-15(7-2,12-16)18(8-3)11-14-10-13(5)17-19(14)9-4/h10H,6-9,11-12,16H2,1-5H3. The summed E-state index contributed by atoms with van der Waals surface area (Å²) >= 11 is 0. The van der Waals surface area contributed by atoms with Crippen molar-refractivity contribution in [2.24, 2.45) is 5.73 Å². The predicted molar refractivity (Wildman–Crippen MR) is 81.1 cm³/mol. The van der Waals surface area contributed by atoms with E-state index in [2.05, 4.69) is 55.4 Å². The molecule has 0 spiro atoms. The van der Waals surface area contributed by atoms with Crippen LogP contribution in [0.25, 0.3) is 0 Å². The van der Waals surface area contributed by atoms with Crippen molar-refractivity contribution in [3.8, 4) is 0 Å². The van der Waals surface area contributed by atoms with Gasteiger partial charge in [-0.2, -0.15) is 5.10 Å². The maximum Gasteiger partial charge on any atom is 0.0597 e. The maximum atomic E-state index is 6.07. The number of aryl methyl sites for hydroxylation is 2. The van der Waals surface area contributed by atoms with Crippen LogP contribution in [0.1, 0.15) is 51.9 Å². The predicted octanol–water partition coefficient (Wildman–Crippen LogP) is 2.55. The van der Waals surface area contributed by atoms with Gasteiger partial charge in [-0.05, 0) is 39.3 Å². The molecule has 0 saturated carbocycles. The second-order valence-electron chi connectivity index (χ2n) is 5.24. The third kappa shape index (κ3) is 3.37. The van der Waals surface area contributed by atoms with Gasteiger partial charge in [0.25, 0.3) is 0 Å². The van der Waals surface area contributed by atoms with Gasteiger partial charge in [-0.25, -0.2) is 0 Å². The number of likely N-dealkylation sites (N-methyl/N-ethyl adjacent to an activating group) is 1. The average Bonchev–Trinajstić information content (AvgIpc) is 2.79. The maximum absolute atomic E-state index is 6.07. The molecule has 0 aliphatic heterocycles. The minimum absolute atomic E-state index is 0.117. The molecule has 1 rings (SSSR count). The highest BCUT2D eigenvalue weighted by Gasteiger charge is 2.31. The van der Waals surface area contributed by atoms with Gasteiger partial charge in [-0.3, -0.25) is 9.58 Å². The van der Waals surface area contributed by atoms with Crippen LogP contribution in [0.5, 0.6) is 0 Å². The van der Waals surface area contributed by atoms with Gasteiger partial charge in [0, 0.05) is 25.2 Å². The van der Waals surface area contributed by atoms with Crippen molar-refractivity contribution < 1.29 is 0 Å². The van der Waals surface area contributed by atoms with Crippen molar-refractivity contribution in [2.75, 3.05) is 13.1 Å². The number of nitrogens with two attached hydrogens (primary N) is 1. The summed E-state index contributed by atoms with van der Waals surface area (Å²) < 4.78 is 2.10. The van der Waals surface area contributed by atoms with E-state index in [9.17, 15) is 0 Å². The van der Waals surface area contributed by atoms with Gasteiger partial charge in [0.05, 0.1) is 11.4 Å². The van der Waals surface area contributed by atoms with Gasteiger partial charge in [-0.1, -0.05) is 20.8 Å². The van der Waals surface area contributed by atoms with E-state index in [0.29, 0.717) is 6.54 Å². The Balaban J connectivity index is 2.97. The Morgan fingerprint density at radius 2 is 1.89 bits per heavy atom. The molecule has 0 atom stereocenters. The van der Waals surface area contributed by atoms with E-state index in [1.807, 2.05) is 0 Å². The summed E-state index contributed by atoms with van der Waals surface area (Å²) in [7, 11) is 0. The molecule has 0 fully saturated rings. The lowest BCUT2D eigenvalue weighted by atomic mass is 9.90. The first-order chi connectivity index (χ1) is 9.06. The molecule has 1 heterocycles. The molecule has 4 heteroatoms. The van der Waals surface area contributed by atoms with E-state index in [-0.39, 0.29) is 5.54 Å². The fourth-order valence-electron chi connectivity index (χ4n) is 2.93. The molecule has 0 aliphatic carbocycles. The zero-order valence-electron chi connectivity index (χ0n) is 13.2. The third-order valence-electron chi connectivity index (χ3n) is 4.39. The number of rotatable bonds is 8. The largest absolute Gasteiger partial charge is 0.329 e. The Bertz CT molecular complexity index is 371. The Hall–Kier alpha value is -0.870. The highest BCUT2D eigenvalue weighted by molar-refractivity contribution is 5.10. The highest BCUT2D eigenvalue weighted by Crippen LogP contribution is 2.25. The van der Waals surface area contributed by atoms with Crippen LogP contribution in [0.15, 0.2) is 6.07 Å². The summed E-state index contributed by atoms with van der Waals surface area (Å²) in [5.74, 6) is 0. The van der Waals surface area contributed by atoms with Gasteiger partial charge in [0.2, 0.25) is 0 Å². The molecule has 1 aromatic heterocycles. The van der Waals surface area contributed by atoms with Crippen molar-refractivity contribution in [3.63, 3.8) is 0 Å². The first kappa shape index (κ1) is 16.2. The van der Waals surface area contributed by atoms with Crippen molar-refractivity contribution >= 4 is 0 Å². The summed E-state index contributed by atoms with van der Waals surface area (Å²) in [6, 6.07) is 2.19. The fourth-order valence-corrected chi connectivity index (χ4v) is 2.93. The molecular weight excluding hydrogens is 236 g/mol. The summed E-state index contributed by atoms with van der Waals surface area (Å²) in [5, 5.41) is 4.53. The van der Waals surface area contributed by atoms with Gasteiger partial charge in [0.1, 0.15) is 0 Å². The molecule has 1 aromatic rings. The van der Waals surface area contributed by atoms with E-state index in [4.69, 9.17) is 5.73 Å². The molecule has 4 nitrogen and oxygen atoms in total. The number of hydrogen-bond acceptors (Lipinski definition) is 3. The van der Waals surface area contributed by atoms with E-state index < -0.39 is 0 Å². The zero-order chi connectivity index (χ0) is 14.5. The van der Waals surface area contributed by atoms with Crippen LogP contribution in [0, 0.1) is 6.92 Å². The molecule has 0 unspecified atom stereocenters. The SMILES string of the molecule is CCN(Cc1cc(C)nn1CC)C(CC)(CC)CN. The van der Waals surface area contributed by atoms with Crippen molar-refractivity contribution in [1.82, 2.24) is 14.7 Å². The smallest absolute Gasteiger partial charge is 0.0597 e. The minimum Gasteiger partial charge on any atom is -0.329 e. The first-order valence-corrected chi connectivity index (χ1v) is 7.55. The van der Waals surface area contributed by atoms with Crippen LogP contribution in [0.3, 0.4) is 0 Å². The molecule has 0 saturated heterocycles. The second kappa shape index (κ2) is 7.06. The number of nitrogens with zero attached hydrogens (tertiary/aromatic N) is 3. The van der Waals surface area contributed by atoms with Crippen LogP contribution >= 0.6 is 0 Å². The summed E-state index contributed by atoms with van der Waals surface area (Å²) in [6.45, 7) is 14.5. The Kier molecular flexibility index (Phi) is 6.01. The molecular formula is C15H30N4. The molecule has 0 aromatic carbocycles. The Morgan fingerprint density at radius 1 is 1.26 bits per heavy atom. The summed E-state index contributed by atoms with van der Waals surface area (Å²) in [4.78, 5) is 2.51. The normalized spacial score (nSPS) is 12.4. The number of hydrogen-bond donors (Lipinski definition) is 1. The topological polar surface area (TPSA) is 47.1 Å². The molecule has 0 radical (unpaired) electrons. The highest BCUT2D eigenvalue weighted by atomic mass is 15.3. The quantitative estimate of drug-likeness (QED) is 0.786. The van der Waals surface area contributed by atoms with E-state index in [0.717, 1.165) is 38.2 Å². The zero-order valence-corrected chi connectivity index (χ0v) is 13.2. The second-order valence-corrected chi connectivity index (χ2v) is 5.24. The van der Waals surface area contributed by atoms with E-state index >= 15 is 0 Å². The fraction of sp³-hybridized carbons (Fsp3) is 0.800. The van der Waals surface area contributed by atoms with Crippen molar-refractivity contribution in [2.45, 2.75) is 66.1 Å². The van der Waals surface area contributed by atoms with Gasteiger partial charge >= 0.3 is 0 Å². The van der Waals surface area contributed by atoms with Crippen LogP contribution in [-0.2, 0) is 13.1 Å². The lowest BCUT2D eigenvalue weighted by Crippen LogP contribution is -2.52. The van der Waals surface area contributed by atoms with Gasteiger partial charge in [0.15, 0.2) is 0 Å². The molecule has 0 amide bonds. The van der Waals surface area contributed by atoms with Crippen LogP contribution in [0.2, 0.25) is 0 Å². The van der Waals surface area contributed by atoms with Gasteiger partial charge in [-0.15, -0.1) is 0 Å². The molecule has 0 aliphatic rings. The monoisotopic (exact) mass is 266 g/mol. The summed E-state index contributed by atoms with van der Waals surface area (Å²) in [5.41, 5.74) is 8.58. The first-order valence-electron chi connectivity index (χ1n) is 7.55. The number of aromatic nitrogens is 2. The minimum atomic E-state index is 0.117. The molecule has 110 valence electrons.